The van der Waals surface area contributed by atoms with Crippen molar-refractivity contribution in [1.82, 2.24) is 15.5 Å². The molecule has 8 heteroatoms. The summed E-state index contributed by atoms with van der Waals surface area (Å²) in [5.74, 6) is 0.844. The van der Waals surface area contributed by atoms with Crippen molar-refractivity contribution in [3.05, 3.63) is 0 Å². The number of hydrogen-bond donors (Lipinski definition) is 2. The molecule has 1 aliphatic rings. The number of nitrogens with one attached hydrogen (secondary N) is 2. The lowest BCUT2D eigenvalue weighted by molar-refractivity contribution is -0.146. The molecule has 1 fully saturated rings. The van der Waals surface area contributed by atoms with E-state index in [0.717, 1.165) is 38.4 Å². The van der Waals surface area contributed by atoms with E-state index in [9.17, 15) is 9.59 Å². The lowest BCUT2D eigenvalue weighted by atomic mass is 9.97. The first kappa shape index (κ1) is 24.0. The molecule has 0 aromatic heterocycles. The molecule has 1 heterocycles. The zero-order chi connectivity index (χ0) is 21.3. The molecule has 0 aliphatic carbocycles. The summed E-state index contributed by atoms with van der Waals surface area (Å²) in [7, 11) is 1.43. The van der Waals surface area contributed by atoms with Crippen molar-refractivity contribution in [2.24, 2.45) is 16.8 Å². The number of guanidine groups is 1. The number of piperidine rings is 1. The first-order valence-electron chi connectivity index (χ1n) is 10.2. The second-order valence-electron chi connectivity index (χ2n) is 8.48. The fourth-order valence-electron chi connectivity index (χ4n) is 2.99. The molecule has 1 unspecified atom stereocenters. The third kappa shape index (κ3) is 8.35. The second-order valence-corrected chi connectivity index (χ2v) is 8.48. The standard InChI is InChI=1S/C20H38N4O4/c1-8-21-18(24-11-9-15(10-12-24)17(25)27-7)22-13-16(14(2)3)23-19(26)28-20(4,5)6/h14-16H,8-13H2,1-7H3,(H,21,22)(H,23,26). The van der Waals surface area contributed by atoms with E-state index in [2.05, 4.69) is 15.5 Å². The minimum Gasteiger partial charge on any atom is -0.469 e. The quantitative estimate of drug-likeness (QED) is 0.405. The van der Waals surface area contributed by atoms with Crippen LogP contribution in [0.1, 0.15) is 54.4 Å². The molecule has 1 atom stereocenters. The van der Waals surface area contributed by atoms with Crippen LogP contribution < -0.4 is 10.6 Å². The van der Waals surface area contributed by atoms with E-state index < -0.39 is 11.7 Å². The summed E-state index contributed by atoms with van der Waals surface area (Å²) in [5, 5.41) is 6.24. The lowest BCUT2D eigenvalue weighted by Crippen LogP contribution is -2.48. The first-order valence-corrected chi connectivity index (χ1v) is 10.2. The maximum atomic E-state index is 12.1. The smallest absolute Gasteiger partial charge is 0.407 e. The van der Waals surface area contributed by atoms with Gasteiger partial charge in [0.2, 0.25) is 0 Å². The Morgan fingerprint density at radius 1 is 1.21 bits per heavy atom. The molecule has 1 rings (SSSR count). The molecule has 0 radical (unpaired) electrons. The Hall–Kier alpha value is -1.99. The highest BCUT2D eigenvalue weighted by atomic mass is 16.6. The zero-order valence-corrected chi connectivity index (χ0v) is 18.5. The Kier molecular flexibility index (Phi) is 9.55. The number of ether oxygens (including phenoxy) is 2. The molecule has 0 spiro atoms. The summed E-state index contributed by atoms with van der Waals surface area (Å²) in [6.45, 7) is 14.4. The van der Waals surface area contributed by atoms with Gasteiger partial charge in [0.05, 0.1) is 25.6 Å². The number of aliphatic imine (C=N–C) groups is 1. The van der Waals surface area contributed by atoms with E-state index >= 15 is 0 Å². The zero-order valence-electron chi connectivity index (χ0n) is 18.5. The van der Waals surface area contributed by atoms with Gasteiger partial charge in [-0.25, -0.2) is 4.79 Å². The van der Waals surface area contributed by atoms with Crippen LogP contribution in [0.5, 0.6) is 0 Å². The average molecular weight is 399 g/mol. The number of amides is 1. The maximum absolute atomic E-state index is 12.1. The molecule has 1 aliphatic heterocycles. The first-order chi connectivity index (χ1) is 13.1. The Balaban J connectivity index is 2.72. The lowest BCUT2D eigenvalue weighted by Gasteiger charge is -2.33. The van der Waals surface area contributed by atoms with E-state index in [4.69, 9.17) is 14.5 Å². The molecule has 0 saturated carbocycles. The van der Waals surface area contributed by atoms with Gasteiger partial charge in [-0.15, -0.1) is 0 Å². The minimum absolute atomic E-state index is 0.0404. The molecule has 1 amide bonds. The van der Waals surface area contributed by atoms with Gasteiger partial charge in [0, 0.05) is 19.6 Å². The van der Waals surface area contributed by atoms with Crippen molar-refractivity contribution in [2.75, 3.05) is 33.3 Å². The number of carbonyl (C=O) groups is 2. The van der Waals surface area contributed by atoms with E-state index in [1.54, 1.807) is 0 Å². The van der Waals surface area contributed by atoms with E-state index in [-0.39, 0.29) is 23.8 Å². The van der Waals surface area contributed by atoms with Crippen molar-refractivity contribution in [3.63, 3.8) is 0 Å². The van der Waals surface area contributed by atoms with Crippen LogP contribution in [0.3, 0.4) is 0 Å². The Labute approximate surface area is 169 Å². The predicted molar refractivity (Wildman–Crippen MR) is 110 cm³/mol. The highest BCUT2D eigenvalue weighted by molar-refractivity contribution is 5.80. The molecular weight excluding hydrogens is 360 g/mol. The minimum atomic E-state index is -0.534. The molecule has 0 aromatic rings. The van der Waals surface area contributed by atoms with Crippen molar-refractivity contribution in [2.45, 2.75) is 66.0 Å². The Morgan fingerprint density at radius 2 is 1.82 bits per heavy atom. The van der Waals surface area contributed by atoms with E-state index in [1.807, 2.05) is 41.5 Å². The number of esters is 1. The normalized spacial score (nSPS) is 17.3. The van der Waals surface area contributed by atoms with E-state index in [1.165, 1.54) is 7.11 Å². The summed E-state index contributed by atoms with van der Waals surface area (Å²) in [5.41, 5.74) is -0.534. The van der Waals surface area contributed by atoms with Crippen LogP contribution in [0, 0.1) is 11.8 Å². The number of rotatable bonds is 6. The molecular formula is C20H38N4O4. The largest absolute Gasteiger partial charge is 0.469 e. The number of hydrogen-bond acceptors (Lipinski definition) is 5. The van der Waals surface area contributed by atoms with Crippen LogP contribution in [0.2, 0.25) is 0 Å². The van der Waals surface area contributed by atoms with Crippen molar-refractivity contribution in [3.8, 4) is 0 Å². The van der Waals surface area contributed by atoms with Crippen LogP contribution in [-0.2, 0) is 14.3 Å². The summed E-state index contributed by atoms with van der Waals surface area (Å²) in [6.07, 6.45) is 1.08. The summed E-state index contributed by atoms with van der Waals surface area (Å²) < 4.78 is 10.2. The molecule has 0 bridgehead atoms. The van der Waals surface area contributed by atoms with Crippen molar-refractivity contribution >= 4 is 18.0 Å². The monoisotopic (exact) mass is 398 g/mol. The van der Waals surface area contributed by atoms with Crippen LogP contribution >= 0.6 is 0 Å². The topological polar surface area (TPSA) is 92.3 Å². The van der Waals surface area contributed by atoms with Gasteiger partial charge in [-0.2, -0.15) is 0 Å². The number of alkyl carbamates (subject to hydrolysis) is 1. The Morgan fingerprint density at radius 3 is 2.29 bits per heavy atom. The highest BCUT2D eigenvalue weighted by Crippen LogP contribution is 2.18. The van der Waals surface area contributed by atoms with Gasteiger partial charge in [0.25, 0.3) is 0 Å². The van der Waals surface area contributed by atoms with Gasteiger partial charge >= 0.3 is 12.1 Å². The molecule has 2 N–H and O–H groups in total. The number of nitrogens with zero attached hydrogens (tertiary/aromatic N) is 2. The molecule has 0 aromatic carbocycles. The number of methoxy groups -OCH3 is 1. The van der Waals surface area contributed by atoms with Gasteiger partial charge in [0.15, 0.2) is 5.96 Å². The number of likely N-dealkylation sites (tertiary alicyclic amines) is 1. The van der Waals surface area contributed by atoms with Crippen LogP contribution in [-0.4, -0.2) is 67.9 Å². The third-order valence-electron chi connectivity index (χ3n) is 4.61. The predicted octanol–water partition coefficient (Wildman–Crippen LogP) is 2.39. The van der Waals surface area contributed by atoms with Crippen molar-refractivity contribution < 1.29 is 19.1 Å². The summed E-state index contributed by atoms with van der Waals surface area (Å²) in [6, 6.07) is -0.129. The molecule has 8 nitrogen and oxygen atoms in total. The van der Waals surface area contributed by atoms with Gasteiger partial charge in [-0.05, 0) is 46.5 Å². The second kappa shape index (κ2) is 11.1. The summed E-state index contributed by atoms with van der Waals surface area (Å²) >= 11 is 0. The third-order valence-corrected chi connectivity index (χ3v) is 4.61. The fraction of sp³-hybridized carbons (Fsp3) is 0.850. The number of carbonyl (C=O) groups excluding carboxylic acids is 2. The van der Waals surface area contributed by atoms with Gasteiger partial charge in [-0.1, -0.05) is 13.8 Å². The molecule has 1 saturated heterocycles. The van der Waals surface area contributed by atoms with Crippen LogP contribution in [0.4, 0.5) is 4.79 Å². The van der Waals surface area contributed by atoms with Gasteiger partial charge in [-0.3, -0.25) is 9.79 Å². The molecule has 28 heavy (non-hydrogen) atoms. The van der Waals surface area contributed by atoms with Gasteiger partial charge in [0.1, 0.15) is 5.60 Å². The Bertz CT molecular complexity index is 535. The SMILES string of the molecule is CCNC(=NCC(NC(=O)OC(C)(C)C)C(C)C)N1CCC(C(=O)OC)CC1. The van der Waals surface area contributed by atoms with Crippen LogP contribution in [0.25, 0.3) is 0 Å². The molecule has 162 valence electrons. The highest BCUT2D eigenvalue weighted by Gasteiger charge is 2.27. The van der Waals surface area contributed by atoms with Gasteiger partial charge < -0.3 is 25.0 Å². The van der Waals surface area contributed by atoms with Crippen LogP contribution in [0.15, 0.2) is 4.99 Å². The maximum Gasteiger partial charge on any atom is 0.407 e. The van der Waals surface area contributed by atoms with Crippen molar-refractivity contribution in [1.29, 1.82) is 0 Å². The summed E-state index contributed by atoms with van der Waals surface area (Å²) in [4.78, 5) is 30.7. The van der Waals surface area contributed by atoms with E-state index in [0.29, 0.717) is 6.54 Å². The fourth-order valence-corrected chi connectivity index (χ4v) is 2.99. The average Bonchev–Trinajstić information content (AvgIpc) is 2.61.